The van der Waals surface area contributed by atoms with Crippen molar-refractivity contribution in [1.29, 1.82) is 0 Å². The molecule has 0 heterocycles. The third-order valence-electron chi connectivity index (χ3n) is 2.34. The molecular formula is C13H18ClNO4. The number of hydrogen-bond donors (Lipinski definition) is 1. The Labute approximate surface area is 117 Å². The lowest BCUT2D eigenvalue weighted by Crippen LogP contribution is -2.19. The molecule has 0 unspecified atom stereocenters. The van der Waals surface area contributed by atoms with E-state index in [-0.39, 0.29) is 10.6 Å². The van der Waals surface area contributed by atoms with E-state index in [1.807, 2.05) is 25.9 Å². The number of ether oxygens (including phenoxy) is 2. The van der Waals surface area contributed by atoms with Crippen LogP contribution >= 0.6 is 11.6 Å². The quantitative estimate of drug-likeness (QED) is 0.834. The van der Waals surface area contributed by atoms with Gasteiger partial charge in [-0.3, -0.25) is 0 Å². The van der Waals surface area contributed by atoms with Crippen molar-refractivity contribution in [1.82, 2.24) is 4.90 Å². The Hall–Kier alpha value is -1.46. The molecule has 0 atom stereocenters. The van der Waals surface area contributed by atoms with Gasteiger partial charge in [-0.1, -0.05) is 11.6 Å². The van der Waals surface area contributed by atoms with Crippen LogP contribution < -0.4 is 9.47 Å². The molecule has 0 spiro atoms. The highest BCUT2D eigenvalue weighted by atomic mass is 35.5. The molecule has 1 aromatic rings. The van der Waals surface area contributed by atoms with E-state index in [0.29, 0.717) is 24.7 Å². The maximum atomic E-state index is 11.0. The highest BCUT2D eigenvalue weighted by molar-refractivity contribution is 6.32. The summed E-state index contributed by atoms with van der Waals surface area (Å²) in [4.78, 5) is 12.9. The topological polar surface area (TPSA) is 59.0 Å². The highest BCUT2D eigenvalue weighted by Gasteiger charge is 2.15. The number of aromatic carboxylic acids is 1. The second kappa shape index (κ2) is 7.21. The van der Waals surface area contributed by atoms with Crippen LogP contribution in [0.5, 0.6) is 11.5 Å². The summed E-state index contributed by atoms with van der Waals surface area (Å²) in [5.74, 6) is -0.316. The van der Waals surface area contributed by atoms with Gasteiger partial charge < -0.3 is 19.5 Å². The van der Waals surface area contributed by atoms with E-state index in [1.165, 1.54) is 12.1 Å². The number of nitrogens with zero attached hydrogens (tertiary/aromatic N) is 1. The third-order valence-corrected chi connectivity index (χ3v) is 2.62. The zero-order valence-corrected chi connectivity index (χ0v) is 12.0. The monoisotopic (exact) mass is 287 g/mol. The van der Waals surface area contributed by atoms with Crippen LogP contribution in [0, 0.1) is 0 Å². The summed E-state index contributed by atoms with van der Waals surface area (Å²) in [6.45, 7) is 3.39. The molecule has 1 aromatic carbocycles. The van der Waals surface area contributed by atoms with E-state index < -0.39 is 5.97 Å². The van der Waals surface area contributed by atoms with Crippen LogP contribution in [0.1, 0.15) is 17.3 Å². The van der Waals surface area contributed by atoms with E-state index in [1.54, 1.807) is 0 Å². The van der Waals surface area contributed by atoms with Gasteiger partial charge in [-0.05, 0) is 33.2 Å². The van der Waals surface area contributed by atoms with Gasteiger partial charge in [0, 0.05) is 6.54 Å². The standard InChI is InChI=1S/C13H18ClNO4/c1-4-18-11-8-9(13(16)17)7-10(14)12(11)19-6-5-15(2)3/h7-8H,4-6H2,1-3H3,(H,16,17). The lowest BCUT2D eigenvalue weighted by molar-refractivity contribution is 0.0696. The predicted octanol–water partition coefficient (Wildman–Crippen LogP) is 2.38. The Morgan fingerprint density at radius 1 is 1.37 bits per heavy atom. The SMILES string of the molecule is CCOc1cc(C(=O)O)cc(Cl)c1OCCN(C)C. The smallest absolute Gasteiger partial charge is 0.335 e. The molecule has 0 bridgehead atoms. The first-order valence-corrected chi connectivity index (χ1v) is 6.30. The van der Waals surface area contributed by atoms with Gasteiger partial charge in [0.2, 0.25) is 0 Å². The maximum absolute atomic E-state index is 11.0. The number of benzene rings is 1. The van der Waals surface area contributed by atoms with Gasteiger partial charge in [0.05, 0.1) is 17.2 Å². The average Bonchev–Trinajstić information content (AvgIpc) is 2.31. The van der Waals surface area contributed by atoms with E-state index in [2.05, 4.69) is 0 Å². The lowest BCUT2D eigenvalue weighted by atomic mass is 10.2. The summed E-state index contributed by atoms with van der Waals surface area (Å²) in [5.41, 5.74) is 0.0772. The molecule has 0 aliphatic rings. The van der Waals surface area contributed by atoms with E-state index in [4.69, 9.17) is 26.2 Å². The van der Waals surface area contributed by atoms with Gasteiger partial charge in [0.25, 0.3) is 0 Å². The van der Waals surface area contributed by atoms with Crippen molar-refractivity contribution in [2.45, 2.75) is 6.92 Å². The van der Waals surface area contributed by atoms with Gasteiger partial charge in [0.1, 0.15) is 6.61 Å². The molecule has 0 aliphatic carbocycles. The summed E-state index contributed by atoms with van der Waals surface area (Å²) >= 11 is 6.05. The minimum atomic E-state index is -1.05. The van der Waals surface area contributed by atoms with E-state index >= 15 is 0 Å². The first-order chi connectivity index (χ1) is 8.95. The molecule has 0 aliphatic heterocycles. The average molecular weight is 288 g/mol. The van der Waals surface area contributed by atoms with Crippen LogP contribution in [0.3, 0.4) is 0 Å². The van der Waals surface area contributed by atoms with Crippen molar-refractivity contribution in [2.24, 2.45) is 0 Å². The Morgan fingerprint density at radius 3 is 2.58 bits per heavy atom. The number of rotatable bonds is 7. The van der Waals surface area contributed by atoms with E-state index in [0.717, 1.165) is 6.54 Å². The molecule has 0 amide bonds. The Balaban J connectivity index is 2.97. The zero-order chi connectivity index (χ0) is 14.4. The van der Waals surface area contributed by atoms with Crippen molar-refractivity contribution in [3.63, 3.8) is 0 Å². The molecule has 1 N–H and O–H groups in total. The minimum Gasteiger partial charge on any atom is -0.490 e. The Morgan fingerprint density at radius 2 is 2.05 bits per heavy atom. The van der Waals surface area contributed by atoms with Gasteiger partial charge in [-0.15, -0.1) is 0 Å². The van der Waals surface area contributed by atoms with Crippen LogP contribution in [0.15, 0.2) is 12.1 Å². The summed E-state index contributed by atoms with van der Waals surface area (Å²) in [7, 11) is 3.86. The summed E-state index contributed by atoms with van der Waals surface area (Å²) in [6, 6.07) is 2.78. The second-order valence-corrected chi connectivity index (χ2v) is 4.58. The van der Waals surface area contributed by atoms with Gasteiger partial charge >= 0.3 is 5.97 Å². The molecular weight excluding hydrogens is 270 g/mol. The molecule has 0 aromatic heterocycles. The fourth-order valence-electron chi connectivity index (χ4n) is 1.42. The highest BCUT2D eigenvalue weighted by Crippen LogP contribution is 2.36. The van der Waals surface area contributed by atoms with Crippen molar-refractivity contribution in [3.8, 4) is 11.5 Å². The van der Waals surface area contributed by atoms with Crippen LogP contribution in [0.4, 0.5) is 0 Å². The van der Waals surface area contributed by atoms with Crippen LogP contribution in [0.2, 0.25) is 5.02 Å². The lowest BCUT2D eigenvalue weighted by Gasteiger charge is -2.16. The van der Waals surface area contributed by atoms with Gasteiger partial charge in [0.15, 0.2) is 11.5 Å². The van der Waals surface area contributed by atoms with Crippen molar-refractivity contribution in [2.75, 3.05) is 33.9 Å². The van der Waals surface area contributed by atoms with Crippen molar-refractivity contribution >= 4 is 17.6 Å². The first kappa shape index (κ1) is 15.6. The van der Waals surface area contributed by atoms with Crippen molar-refractivity contribution in [3.05, 3.63) is 22.7 Å². The van der Waals surface area contributed by atoms with E-state index in [9.17, 15) is 4.79 Å². The van der Waals surface area contributed by atoms with Crippen LogP contribution in [0.25, 0.3) is 0 Å². The molecule has 19 heavy (non-hydrogen) atoms. The number of carbonyl (C=O) groups is 1. The van der Waals surface area contributed by atoms with Crippen molar-refractivity contribution < 1.29 is 19.4 Å². The second-order valence-electron chi connectivity index (χ2n) is 4.18. The molecule has 1 rings (SSSR count). The summed E-state index contributed by atoms with van der Waals surface area (Å²) in [5, 5.41) is 9.22. The molecule has 6 heteroatoms. The third kappa shape index (κ3) is 4.61. The molecule has 0 saturated carbocycles. The molecule has 0 radical (unpaired) electrons. The van der Waals surface area contributed by atoms with Crippen LogP contribution in [-0.4, -0.2) is 49.8 Å². The fourth-order valence-corrected chi connectivity index (χ4v) is 1.69. The minimum absolute atomic E-state index is 0.0772. The first-order valence-electron chi connectivity index (χ1n) is 5.92. The summed E-state index contributed by atoms with van der Waals surface area (Å²) in [6.07, 6.45) is 0. The Kier molecular flexibility index (Phi) is 5.92. The number of likely N-dealkylation sites (N-methyl/N-ethyl adjacent to an activating group) is 1. The van der Waals surface area contributed by atoms with Crippen LogP contribution in [-0.2, 0) is 0 Å². The number of halogens is 1. The fraction of sp³-hybridized carbons (Fsp3) is 0.462. The number of carboxylic acid groups (broad SMARTS) is 1. The normalized spacial score (nSPS) is 10.6. The van der Waals surface area contributed by atoms with Gasteiger partial charge in [-0.2, -0.15) is 0 Å². The predicted molar refractivity (Wildman–Crippen MR) is 73.6 cm³/mol. The molecule has 0 fully saturated rings. The molecule has 5 nitrogen and oxygen atoms in total. The summed E-state index contributed by atoms with van der Waals surface area (Å²) < 4.78 is 11.0. The maximum Gasteiger partial charge on any atom is 0.335 e. The molecule has 0 saturated heterocycles. The zero-order valence-electron chi connectivity index (χ0n) is 11.3. The van der Waals surface area contributed by atoms with Gasteiger partial charge in [-0.25, -0.2) is 4.79 Å². The largest absolute Gasteiger partial charge is 0.490 e. The molecule has 106 valence electrons. The Bertz CT molecular complexity index is 449. The number of hydrogen-bond acceptors (Lipinski definition) is 4. The number of carboxylic acids is 1.